The lowest BCUT2D eigenvalue weighted by atomic mass is 10.2. The molecular formula is C15H16FN9O. The van der Waals surface area contributed by atoms with Gasteiger partial charge in [0.1, 0.15) is 18.0 Å². The molecule has 1 aromatic carbocycles. The van der Waals surface area contributed by atoms with E-state index in [1.165, 1.54) is 29.2 Å². The number of H-pyrrole nitrogens is 1. The smallest absolute Gasteiger partial charge is 0.314 e. The van der Waals surface area contributed by atoms with Crippen molar-refractivity contribution in [3.63, 3.8) is 0 Å². The molecule has 0 bridgehead atoms. The van der Waals surface area contributed by atoms with E-state index in [-0.39, 0.29) is 11.7 Å². The van der Waals surface area contributed by atoms with Gasteiger partial charge in [-0.1, -0.05) is 0 Å². The van der Waals surface area contributed by atoms with Gasteiger partial charge in [-0.25, -0.2) is 18.9 Å². The number of hydrogen-bond acceptors (Lipinski definition) is 6. The monoisotopic (exact) mass is 357 g/mol. The van der Waals surface area contributed by atoms with Crippen LogP contribution in [0.4, 0.5) is 14.9 Å². The van der Waals surface area contributed by atoms with E-state index < -0.39 is 11.8 Å². The summed E-state index contributed by atoms with van der Waals surface area (Å²) in [6, 6.07) is 3.63. The Hall–Kier alpha value is -3.37. The summed E-state index contributed by atoms with van der Waals surface area (Å²) in [5, 5.41) is 20.4. The van der Waals surface area contributed by atoms with Gasteiger partial charge in [0.15, 0.2) is 5.82 Å². The molecule has 0 radical (unpaired) electrons. The van der Waals surface area contributed by atoms with Crippen LogP contribution in [0.25, 0.3) is 5.69 Å². The first-order valence-electron chi connectivity index (χ1n) is 8.11. The SMILES string of the molecule is Cc1nc(C2CCCN2C(=O)Nc2cc(-n3cnnn3)ccc2F)n[nH]1. The lowest BCUT2D eigenvalue weighted by Gasteiger charge is -2.23. The maximum Gasteiger partial charge on any atom is 0.322 e. The van der Waals surface area contributed by atoms with Crippen LogP contribution in [0.15, 0.2) is 24.5 Å². The Morgan fingerprint density at radius 2 is 2.31 bits per heavy atom. The summed E-state index contributed by atoms with van der Waals surface area (Å²) >= 11 is 0. The summed E-state index contributed by atoms with van der Waals surface area (Å²) < 4.78 is 15.5. The third-order valence-electron chi connectivity index (χ3n) is 4.23. The standard InChI is InChI=1S/C15H16FN9O/c1-9-18-14(21-20-9)13-3-2-6-24(13)15(26)19-12-7-10(4-5-11(12)16)25-8-17-22-23-25/h4-5,7-8,13H,2-3,6H2,1H3,(H,19,26)(H,18,20,21). The van der Waals surface area contributed by atoms with E-state index in [2.05, 4.69) is 36.0 Å². The van der Waals surface area contributed by atoms with Gasteiger partial charge in [0.2, 0.25) is 0 Å². The predicted molar refractivity (Wildman–Crippen MR) is 87.9 cm³/mol. The lowest BCUT2D eigenvalue weighted by molar-refractivity contribution is 0.205. The molecule has 26 heavy (non-hydrogen) atoms. The fraction of sp³-hybridized carbons (Fsp3) is 0.333. The molecule has 0 spiro atoms. The van der Waals surface area contributed by atoms with Gasteiger partial charge >= 0.3 is 6.03 Å². The predicted octanol–water partition coefficient (Wildman–Crippen LogP) is 1.60. The zero-order valence-corrected chi connectivity index (χ0v) is 13.9. The number of carbonyl (C=O) groups excluding carboxylic acids is 1. The third-order valence-corrected chi connectivity index (χ3v) is 4.23. The zero-order valence-electron chi connectivity index (χ0n) is 13.9. The number of aryl methyl sites for hydroxylation is 1. The number of carbonyl (C=O) groups is 1. The van der Waals surface area contributed by atoms with Crippen LogP contribution in [-0.2, 0) is 0 Å². The molecule has 0 aliphatic carbocycles. The average Bonchev–Trinajstić information content (AvgIpc) is 3.37. The molecule has 11 heteroatoms. The van der Waals surface area contributed by atoms with Crippen molar-refractivity contribution < 1.29 is 9.18 Å². The molecule has 2 N–H and O–H groups in total. The fourth-order valence-corrected chi connectivity index (χ4v) is 3.01. The zero-order chi connectivity index (χ0) is 18.1. The number of amides is 2. The molecule has 134 valence electrons. The summed E-state index contributed by atoms with van der Waals surface area (Å²) in [5.41, 5.74) is 0.592. The minimum Gasteiger partial charge on any atom is -0.314 e. The topological polar surface area (TPSA) is 118 Å². The average molecular weight is 357 g/mol. The van der Waals surface area contributed by atoms with Gasteiger partial charge < -0.3 is 10.2 Å². The number of nitrogens with one attached hydrogen (secondary N) is 2. The highest BCUT2D eigenvalue weighted by molar-refractivity contribution is 5.90. The van der Waals surface area contributed by atoms with E-state index in [0.717, 1.165) is 12.8 Å². The molecule has 1 atom stereocenters. The molecule has 1 aliphatic rings. The molecule has 4 rings (SSSR count). The molecule has 2 aromatic heterocycles. The normalized spacial score (nSPS) is 16.8. The van der Waals surface area contributed by atoms with Crippen molar-refractivity contribution in [3.8, 4) is 5.69 Å². The highest BCUT2D eigenvalue weighted by Crippen LogP contribution is 2.30. The summed E-state index contributed by atoms with van der Waals surface area (Å²) in [5.74, 6) is 0.713. The molecule has 0 saturated carbocycles. The van der Waals surface area contributed by atoms with Crippen molar-refractivity contribution in [3.05, 3.63) is 42.0 Å². The summed E-state index contributed by atoms with van der Waals surface area (Å²) in [6.45, 7) is 2.36. The van der Waals surface area contributed by atoms with Crippen LogP contribution in [0.1, 0.15) is 30.5 Å². The van der Waals surface area contributed by atoms with Crippen LogP contribution < -0.4 is 5.32 Å². The van der Waals surface area contributed by atoms with Gasteiger partial charge in [-0.15, -0.1) is 5.10 Å². The van der Waals surface area contributed by atoms with Crippen molar-refractivity contribution in [2.24, 2.45) is 0 Å². The summed E-state index contributed by atoms with van der Waals surface area (Å²) in [7, 11) is 0. The van der Waals surface area contributed by atoms with Gasteiger partial charge in [-0.05, 0) is 48.4 Å². The highest BCUT2D eigenvalue weighted by Gasteiger charge is 2.33. The Balaban J connectivity index is 1.55. The molecule has 3 heterocycles. The maximum absolute atomic E-state index is 14.2. The first-order valence-corrected chi connectivity index (χ1v) is 8.11. The first kappa shape index (κ1) is 16.1. The fourth-order valence-electron chi connectivity index (χ4n) is 3.01. The van der Waals surface area contributed by atoms with E-state index in [1.54, 1.807) is 11.8 Å². The minimum atomic E-state index is -0.542. The van der Waals surface area contributed by atoms with Crippen LogP contribution in [0.2, 0.25) is 0 Å². The van der Waals surface area contributed by atoms with Gasteiger partial charge in [-0.2, -0.15) is 5.10 Å². The second kappa shape index (κ2) is 6.50. The number of likely N-dealkylation sites (tertiary alicyclic amines) is 1. The maximum atomic E-state index is 14.2. The van der Waals surface area contributed by atoms with E-state index >= 15 is 0 Å². The molecule has 1 saturated heterocycles. The van der Waals surface area contributed by atoms with E-state index in [1.807, 2.05) is 0 Å². The van der Waals surface area contributed by atoms with E-state index in [4.69, 9.17) is 0 Å². The molecule has 3 aromatic rings. The Kier molecular flexibility index (Phi) is 4.03. The van der Waals surface area contributed by atoms with Gasteiger partial charge in [0, 0.05) is 6.54 Å². The van der Waals surface area contributed by atoms with Crippen molar-refractivity contribution in [1.29, 1.82) is 0 Å². The van der Waals surface area contributed by atoms with Gasteiger partial charge in [-0.3, -0.25) is 5.10 Å². The number of halogens is 1. The van der Waals surface area contributed by atoms with Crippen LogP contribution >= 0.6 is 0 Å². The van der Waals surface area contributed by atoms with E-state index in [0.29, 0.717) is 23.9 Å². The van der Waals surface area contributed by atoms with Gasteiger partial charge in [0.25, 0.3) is 0 Å². The Bertz CT molecular complexity index is 923. The number of aromatic nitrogens is 7. The third kappa shape index (κ3) is 2.98. The summed E-state index contributed by atoms with van der Waals surface area (Å²) in [4.78, 5) is 18.6. The number of nitrogens with zero attached hydrogens (tertiary/aromatic N) is 7. The summed E-state index contributed by atoms with van der Waals surface area (Å²) in [6.07, 6.45) is 2.98. The first-order chi connectivity index (χ1) is 12.6. The van der Waals surface area contributed by atoms with Crippen LogP contribution in [0, 0.1) is 12.7 Å². The number of benzene rings is 1. The van der Waals surface area contributed by atoms with Crippen LogP contribution in [0.3, 0.4) is 0 Å². The van der Waals surface area contributed by atoms with Crippen LogP contribution in [-0.4, -0.2) is 52.9 Å². The van der Waals surface area contributed by atoms with Crippen molar-refractivity contribution >= 4 is 11.7 Å². The van der Waals surface area contributed by atoms with Crippen LogP contribution in [0.5, 0.6) is 0 Å². The molecular weight excluding hydrogens is 341 g/mol. The molecule has 10 nitrogen and oxygen atoms in total. The van der Waals surface area contributed by atoms with Crippen molar-refractivity contribution in [1.82, 2.24) is 40.3 Å². The number of urea groups is 1. The molecule has 1 aliphatic heterocycles. The number of hydrogen-bond donors (Lipinski definition) is 2. The number of aromatic amines is 1. The minimum absolute atomic E-state index is 0.0554. The van der Waals surface area contributed by atoms with Crippen molar-refractivity contribution in [2.75, 3.05) is 11.9 Å². The Labute approximate surface area is 147 Å². The highest BCUT2D eigenvalue weighted by atomic mass is 19.1. The number of rotatable bonds is 3. The number of tetrazole rings is 1. The second-order valence-electron chi connectivity index (χ2n) is 5.98. The Morgan fingerprint density at radius 3 is 3.04 bits per heavy atom. The molecule has 1 fully saturated rings. The second-order valence-corrected chi connectivity index (χ2v) is 5.98. The van der Waals surface area contributed by atoms with Gasteiger partial charge in [0.05, 0.1) is 17.4 Å². The number of anilines is 1. The van der Waals surface area contributed by atoms with Crippen molar-refractivity contribution in [2.45, 2.75) is 25.8 Å². The quantitative estimate of drug-likeness (QED) is 0.735. The lowest BCUT2D eigenvalue weighted by Crippen LogP contribution is -2.35. The largest absolute Gasteiger partial charge is 0.322 e. The molecule has 2 amide bonds. The Morgan fingerprint density at radius 1 is 1.42 bits per heavy atom. The molecule has 1 unspecified atom stereocenters. The van der Waals surface area contributed by atoms with E-state index in [9.17, 15) is 9.18 Å².